The monoisotopic (exact) mass is 469 g/mol. The molecule has 0 aliphatic carbocycles. The molecule has 0 radical (unpaired) electrons. The summed E-state index contributed by atoms with van der Waals surface area (Å²) in [6.45, 7) is 5.26. The van der Waals surface area contributed by atoms with Gasteiger partial charge in [-0.3, -0.25) is 9.59 Å². The lowest BCUT2D eigenvalue weighted by atomic mass is 10.1. The smallest absolute Gasteiger partial charge is 0.322 e. The normalized spacial score (nSPS) is 16.2. The number of halogens is 1. The summed E-state index contributed by atoms with van der Waals surface area (Å²) >= 11 is 0. The van der Waals surface area contributed by atoms with Crippen molar-refractivity contribution in [2.24, 2.45) is 0 Å². The molecule has 2 aliphatic rings. The Hall–Kier alpha value is -3.66. The summed E-state index contributed by atoms with van der Waals surface area (Å²) < 4.78 is 19.2. The lowest BCUT2D eigenvalue weighted by Crippen LogP contribution is -2.50. The van der Waals surface area contributed by atoms with E-state index < -0.39 is 5.82 Å². The first kappa shape index (κ1) is 23.5. The number of nitrogens with zero attached hydrogens (tertiary/aromatic N) is 3. The fourth-order valence-electron chi connectivity index (χ4n) is 4.11. The highest BCUT2D eigenvalue weighted by Gasteiger charge is 2.27. The first-order valence-electron chi connectivity index (χ1n) is 11.3. The summed E-state index contributed by atoms with van der Waals surface area (Å²) in [4.78, 5) is 42.9. The number of urea groups is 1. The lowest BCUT2D eigenvalue weighted by molar-refractivity contribution is -0.114. The summed E-state index contributed by atoms with van der Waals surface area (Å²) in [5.41, 5.74) is 1.94. The van der Waals surface area contributed by atoms with Crippen molar-refractivity contribution in [3.8, 4) is 0 Å². The molecule has 4 amide bonds. The van der Waals surface area contributed by atoms with Crippen molar-refractivity contribution in [2.75, 3.05) is 68.0 Å². The van der Waals surface area contributed by atoms with Crippen molar-refractivity contribution in [2.45, 2.75) is 6.92 Å². The molecular weight excluding hydrogens is 441 g/mol. The minimum Gasteiger partial charge on any atom is -0.378 e. The Morgan fingerprint density at radius 1 is 0.882 bits per heavy atom. The number of morpholine rings is 1. The summed E-state index contributed by atoms with van der Waals surface area (Å²) in [7, 11) is 0. The number of anilines is 3. The molecule has 4 rings (SSSR count). The third-order valence-electron chi connectivity index (χ3n) is 5.87. The average Bonchev–Trinajstić information content (AvgIpc) is 2.85. The van der Waals surface area contributed by atoms with Crippen LogP contribution in [0.4, 0.5) is 26.2 Å². The van der Waals surface area contributed by atoms with Crippen LogP contribution in [0.3, 0.4) is 0 Å². The summed E-state index contributed by atoms with van der Waals surface area (Å²) in [6.07, 6.45) is 0. The number of benzene rings is 2. The molecule has 2 fully saturated rings. The molecule has 2 N–H and O–H groups in total. The van der Waals surface area contributed by atoms with E-state index in [1.807, 2.05) is 6.07 Å². The average molecular weight is 470 g/mol. The SMILES string of the molecule is CC(=O)Nc1ccc(N2CCN(C(=O)Nc3ccccc3F)CC2)c(C(=O)N2CCOCC2)c1. The van der Waals surface area contributed by atoms with E-state index >= 15 is 0 Å². The number of hydrogen-bond acceptors (Lipinski definition) is 5. The Labute approximate surface area is 197 Å². The molecule has 2 heterocycles. The van der Waals surface area contributed by atoms with E-state index in [0.717, 1.165) is 5.69 Å². The van der Waals surface area contributed by atoms with E-state index in [2.05, 4.69) is 15.5 Å². The van der Waals surface area contributed by atoms with Gasteiger partial charge in [-0.05, 0) is 30.3 Å². The van der Waals surface area contributed by atoms with E-state index in [1.165, 1.54) is 19.1 Å². The Balaban J connectivity index is 1.48. The van der Waals surface area contributed by atoms with Crippen LogP contribution in [0.5, 0.6) is 0 Å². The second-order valence-electron chi connectivity index (χ2n) is 8.20. The predicted molar refractivity (Wildman–Crippen MR) is 127 cm³/mol. The van der Waals surface area contributed by atoms with Crippen molar-refractivity contribution in [3.05, 3.63) is 53.8 Å². The molecule has 180 valence electrons. The van der Waals surface area contributed by atoms with E-state index in [0.29, 0.717) is 63.7 Å². The molecule has 0 unspecified atom stereocenters. The van der Waals surface area contributed by atoms with Gasteiger partial charge in [0, 0.05) is 57.6 Å². The van der Waals surface area contributed by atoms with Crippen LogP contribution < -0.4 is 15.5 Å². The molecule has 0 aromatic heterocycles. The predicted octanol–water partition coefficient (Wildman–Crippen LogP) is 2.61. The maximum Gasteiger partial charge on any atom is 0.322 e. The van der Waals surface area contributed by atoms with Gasteiger partial charge < -0.3 is 30.1 Å². The van der Waals surface area contributed by atoms with Crippen LogP contribution in [0.1, 0.15) is 17.3 Å². The van der Waals surface area contributed by atoms with Gasteiger partial charge in [0.2, 0.25) is 5.91 Å². The third-order valence-corrected chi connectivity index (χ3v) is 5.87. The van der Waals surface area contributed by atoms with Gasteiger partial charge >= 0.3 is 6.03 Å². The first-order chi connectivity index (χ1) is 16.4. The number of piperazine rings is 1. The molecule has 2 aromatic carbocycles. The number of rotatable bonds is 4. The van der Waals surface area contributed by atoms with Gasteiger partial charge in [0.15, 0.2) is 0 Å². The van der Waals surface area contributed by atoms with Crippen LogP contribution in [0, 0.1) is 5.82 Å². The Morgan fingerprint density at radius 2 is 1.59 bits per heavy atom. The fourth-order valence-corrected chi connectivity index (χ4v) is 4.11. The van der Waals surface area contributed by atoms with E-state index in [4.69, 9.17) is 4.74 Å². The first-order valence-corrected chi connectivity index (χ1v) is 11.3. The van der Waals surface area contributed by atoms with Gasteiger partial charge in [-0.1, -0.05) is 12.1 Å². The fraction of sp³-hybridized carbons (Fsp3) is 0.375. The van der Waals surface area contributed by atoms with Crippen molar-refractivity contribution in [1.82, 2.24) is 9.80 Å². The number of hydrogen-bond donors (Lipinski definition) is 2. The Bertz CT molecular complexity index is 1070. The second-order valence-corrected chi connectivity index (χ2v) is 8.20. The molecule has 2 saturated heterocycles. The zero-order valence-electron chi connectivity index (χ0n) is 19.1. The maximum absolute atomic E-state index is 13.9. The van der Waals surface area contributed by atoms with E-state index in [-0.39, 0.29) is 23.5 Å². The van der Waals surface area contributed by atoms with Crippen LogP contribution >= 0.6 is 0 Å². The molecule has 0 saturated carbocycles. The van der Waals surface area contributed by atoms with Crippen LogP contribution in [0.25, 0.3) is 0 Å². The molecule has 2 aromatic rings. The van der Waals surface area contributed by atoms with Crippen molar-refractivity contribution in [3.63, 3.8) is 0 Å². The standard InChI is InChI=1S/C24H28FN5O4/c1-17(31)26-18-6-7-22(19(16-18)23(32)29-12-14-34-15-13-29)28-8-10-30(11-9-28)24(33)27-21-5-3-2-4-20(21)25/h2-7,16H,8-15H2,1H3,(H,26,31)(H,27,33). The molecule has 0 spiro atoms. The third kappa shape index (κ3) is 5.45. The number of nitrogens with one attached hydrogen (secondary N) is 2. The summed E-state index contributed by atoms with van der Waals surface area (Å²) in [5, 5.41) is 5.35. The minimum absolute atomic E-state index is 0.120. The van der Waals surface area contributed by atoms with E-state index in [9.17, 15) is 18.8 Å². The van der Waals surface area contributed by atoms with Gasteiger partial charge in [0.25, 0.3) is 5.91 Å². The number of para-hydroxylation sites is 1. The van der Waals surface area contributed by atoms with Crippen LogP contribution in [0.15, 0.2) is 42.5 Å². The van der Waals surface area contributed by atoms with Gasteiger partial charge in [-0.15, -0.1) is 0 Å². The molecule has 0 atom stereocenters. The van der Waals surface area contributed by atoms with Crippen LogP contribution in [0.2, 0.25) is 0 Å². The zero-order valence-corrected chi connectivity index (χ0v) is 19.1. The largest absolute Gasteiger partial charge is 0.378 e. The molecular formula is C24H28FN5O4. The Morgan fingerprint density at radius 3 is 2.26 bits per heavy atom. The van der Waals surface area contributed by atoms with Gasteiger partial charge in [0.05, 0.1) is 24.5 Å². The van der Waals surface area contributed by atoms with Gasteiger partial charge in [0.1, 0.15) is 5.82 Å². The maximum atomic E-state index is 13.9. The second kappa shape index (κ2) is 10.5. The number of amides is 4. The van der Waals surface area contributed by atoms with Crippen LogP contribution in [-0.2, 0) is 9.53 Å². The van der Waals surface area contributed by atoms with Gasteiger partial charge in [-0.25, -0.2) is 9.18 Å². The Kier molecular flexibility index (Phi) is 7.27. The summed E-state index contributed by atoms with van der Waals surface area (Å²) in [5.74, 6) is -0.822. The van der Waals surface area contributed by atoms with Crippen molar-refractivity contribution >= 4 is 34.9 Å². The van der Waals surface area contributed by atoms with Crippen molar-refractivity contribution < 1.29 is 23.5 Å². The molecule has 9 nitrogen and oxygen atoms in total. The topological polar surface area (TPSA) is 94.2 Å². The van der Waals surface area contributed by atoms with Crippen LogP contribution in [-0.4, -0.2) is 80.1 Å². The minimum atomic E-state index is -0.486. The van der Waals surface area contributed by atoms with E-state index in [1.54, 1.807) is 34.1 Å². The highest BCUT2D eigenvalue weighted by Crippen LogP contribution is 2.27. The number of ether oxygens (including phenoxy) is 1. The molecule has 34 heavy (non-hydrogen) atoms. The molecule has 10 heteroatoms. The van der Waals surface area contributed by atoms with Crippen molar-refractivity contribution in [1.29, 1.82) is 0 Å². The quantitative estimate of drug-likeness (QED) is 0.718. The summed E-state index contributed by atoms with van der Waals surface area (Å²) in [6, 6.07) is 11.0. The highest BCUT2D eigenvalue weighted by molar-refractivity contribution is 6.02. The lowest BCUT2D eigenvalue weighted by Gasteiger charge is -2.37. The number of carbonyl (C=O) groups excluding carboxylic acids is 3. The molecule has 2 aliphatic heterocycles. The molecule has 0 bridgehead atoms. The van der Waals surface area contributed by atoms with Gasteiger partial charge in [-0.2, -0.15) is 0 Å². The zero-order chi connectivity index (χ0) is 24.1. The number of carbonyl (C=O) groups is 3. The highest BCUT2D eigenvalue weighted by atomic mass is 19.1.